The van der Waals surface area contributed by atoms with Crippen LogP contribution in [0.25, 0.3) is 44.2 Å². The predicted octanol–water partition coefficient (Wildman–Crippen LogP) is 8.85. The van der Waals surface area contributed by atoms with E-state index in [0.29, 0.717) is 47.3 Å². The molecule has 6 aromatic heterocycles. The normalized spacial score (nSPS) is 13.7. The van der Waals surface area contributed by atoms with Crippen molar-refractivity contribution < 1.29 is 31.3 Å². The summed E-state index contributed by atoms with van der Waals surface area (Å²) in [6.45, 7) is 5.30. The molecule has 15 heteroatoms. The van der Waals surface area contributed by atoms with Crippen LogP contribution >= 0.6 is 0 Å². The molecule has 0 bridgehead atoms. The number of nitrogens with zero attached hydrogens (tertiary/aromatic N) is 4. The van der Waals surface area contributed by atoms with E-state index in [2.05, 4.69) is 33.0 Å². The van der Waals surface area contributed by atoms with Gasteiger partial charge in [-0.2, -0.15) is 0 Å². The predicted molar refractivity (Wildman–Crippen MR) is 223 cm³/mol. The van der Waals surface area contributed by atoms with Gasteiger partial charge in [0.15, 0.2) is 0 Å². The molecule has 6 aromatic rings. The minimum absolute atomic E-state index is 0.416. The molecule has 6 rings (SSSR count). The van der Waals surface area contributed by atoms with Gasteiger partial charge in [-0.05, 0) is 85.5 Å². The van der Waals surface area contributed by atoms with E-state index in [1.165, 1.54) is 0 Å². The molecule has 6 heterocycles. The number of rotatable bonds is 22. The highest BCUT2D eigenvalue weighted by molar-refractivity contribution is 6.80. The molecular weight excluding hydrogens is 761 g/mol. The van der Waals surface area contributed by atoms with E-state index in [0.717, 1.165) is 85.4 Å². The van der Waals surface area contributed by atoms with Crippen molar-refractivity contribution in [3.8, 4) is 34.0 Å². The Morgan fingerprint density at radius 3 is 1.37 bits per heavy atom. The number of hydrogen-bond acceptors (Lipinski definition) is 13. The Hall–Kier alpha value is -5.07. The topological polar surface area (TPSA) is 158 Å². The zero-order valence-corrected chi connectivity index (χ0v) is 35.0. The lowest BCUT2D eigenvalue weighted by Gasteiger charge is -2.35. The van der Waals surface area contributed by atoms with Crippen molar-refractivity contribution in [2.24, 2.45) is 0 Å². The number of aromatic nitrogens is 4. The van der Waals surface area contributed by atoms with E-state index in [-0.39, 0.29) is 0 Å². The maximum Gasteiger partial charge on any atom is 0.344 e. The van der Waals surface area contributed by atoms with E-state index < -0.39 is 28.4 Å². The number of hydrogen-bond donors (Lipinski definition) is 0. The highest BCUT2D eigenvalue weighted by Crippen LogP contribution is 2.28. The second-order valence-electron chi connectivity index (χ2n) is 14.3. The molecular formula is C42H50N4O9Si2. The van der Waals surface area contributed by atoms with Crippen LogP contribution in [0.4, 0.5) is 0 Å². The Balaban J connectivity index is 0.857. The van der Waals surface area contributed by atoms with Crippen molar-refractivity contribution in [2.75, 3.05) is 27.4 Å². The highest BCUT2D eigenvalue weighted by Gasteiger charge is 2.41. The fourth-order valence-corrected chi connectivity index (χ4v) is 13.9. The minimum atomic E-state index is -2.42. The zero-order chi connectivity index (χ0) is 40.1. The molecule has 2 atom stereocenters. The summed E-state index contributed by atoms with van der Waals surface area (Å²) in [7, 11) is -1.34. The Labute approximate surface area is 333 Å². The fraction of sp³-hybridized carbons (Fsp3) is 0.381. The van der Waals surface area contributed by atoms with Crippen LogP contribution in [0.2, 0.25) is 25.2 Å². The smallest absolute Gasteiger partial charge is 0.344 e. The highest BCUT2D eigenvalue weighted by atomic mass is 28.5. The van der Waals surface area contributed by atoms with Crippen molar-refractivity contribution in [2.45, 2.75) is 76.5 Å². The lowest BCUT2D eigenvalue weighted by molar-refractivity contribution is 0.237. The van der Waals surface area contributed by atoms with E-state index in [1.54, 1.807) is 99.9 Å². The zero-order valence-electron chi connectivity index (χ0n) is 33.0. The summed E-state index contributed by atoms with van der Waals surface area (Å²) in [5.41, 5.74) is 2.48. The molecule has 57 heavy (non-hydrogen) atoms. The summed E-state index contributed by atoms with van der Waals surface area (Å²) < 4.78 is 41.7. The van der Waals surface area contributed by atoms with E-state index in [1.807, 2.05) is 0 Å². The van der Waals surface area contributed by atoms with Crippen molar-refractivity contribution in [3.05, 3.63) is 107 Å². The summed E-state index contributed by atoms with van der Waals surface area (Å²) in [5.74, 6) is 0.860. The van der Waals surface area contributed by atoms with Crippen LogP contribution in [0.5, 0.6) is 11.8 Å². The van der Waals surface area contributed by atoms with Gasteiger partial charge in [0, 0.05) is 74.3 Å². The van der Waals surface area contributed by atoms with Gasteiger partial charge in [-0.15, -0.1) is 0 Å². The molecule has 0 aromatic carbocycles. The van der Waals surface area contributed by atoms with E-state index in [9.17, 15) is 9.59 Å². The Bertz CT molecular complexity index is 2170. The molecule has 0 fully saturated rings. The third kappa shape index (κ3) is 11.5. The summed E-state index contributed by atoms with van der Waals surface area (Å²) >= 11 is 0. The Morgan fingerprint density at radius 1 is 0.561 bits per heavy atom. The molecule has 0 aliphatic carbocycles. The summed E-state index contributed by atoms with van der Waals surface area (Å²) in [6.07, 6.45) is 17.7. The van der Waals surface area contributed by atoms with Crippen LogP contribution in [0.1, 0.15) is 51.4 Å². The first-order valence-corrected chi connectivity index (χ1v) is 24.5. The van der Waals surface area contributed by atoms with Crippen LogP contribution in [0, 0.1) is 0 Å². The largest absolute Gasteiger partial charge is 0.478 e. The molecule has 0 saturated carbocycles. The van der Waals surface area contributed by atoms with Gasteiger partial charge in [0.25, 0.3) is 0 Å². The first kappa shape index (κ1) is 41.6. The molecule has 13 nitrogen and oxygen atoms in total. The van der Waals surface area contributed by atoms with E-state index >= 15 is 0 Å². The van der Waals surface area contributed by atoms with Gasteiger partial charge in [0.2, 0.25) is 11.8 Å². The van der Waals surface area contributed by atoms with E-state index in [4.69, 9.17) is 31.3 Å². The van der Waals surface area contributed by atoms with Crippen LogP contribution in [0.15, 0.2) is 104 Å². The molecule has 0 amide bonds. The van der Waals surface area contributed by atoms with Crippen molar-refractivity contribution in [1.82, 2.24) is 19.9 Å². The fourth-order valence-electron chi connectivity index (χ4n) is 6.62. The van der Waals surface area contributed by atoms with Gasteiger partial charge in [0.05, 0.1) is 24.3 Å². The summed E-state index contributed by atoms with van der Waals surface area (Å²) in [6, 6.07) is 15.8. The SMILES string of the molecule is CO[Si](C)(CCCCCCOc1cc2oc(=O)c(-c3ccncc3)cc2cn1)O[Si](C)(CCCCCCOc1cc2oc(=O)c(-c3ccncc3)cc2cn1)OC. The molecule has 2 unspecified atom stereocenters. The lowest BCUT2D eigenvalue weighted by atomic mass is 10.1. The number of ether oxygens (including phenoxy) is 2. The molecule has 0 spiro atoms. The lowest BCUT2D eigenvalue weighted by Crippen LogP contribution is -2.51. The monoisotopic (exact) mass is 810 g/mol. The number of pyridine rings is 4. The van der Waals surface area contributed by atoms with Crippen molar-refractivity contribution in [1.29, 1.82) is 0 Å². The molecule has 0 radical (unpaired) electrons. The second-order valence-corrected chi connectivity index (χ2v) is 21.5. The van der Waals surface area contributed by atoms with Crippen molar-refractivity contribution in [3.63, 3.8) is 0 Å². The average Bonchev–Trinajstić information content (AvgIpc) is 3.23. The van der Waals surface area contributed by atoms with Gasteiger partial charge in [-0.3, -0.25) is 9.97 Å². The minimum Gasteiger partial charge on any atom is -0.478 e. The third-order valence-corrected chi connectivity index (χ3v) is 17.7. The van der Waals surface area contributed by atoms with Gasteiger partial charge >= 0.3 is 28.4 Å². The molecule has 0 aliphatic heterocycles. The maximum atomic E-state index is 12.6. The Kier molecular flexibility index (Phi) is 14.5. The molecule has 0 saturated heterocycles. The quantitative estimate of drug-likeness (QED) is 0.0473. The first-order chi connectivity index (χ1) is 27.7. The van der Waals surface area contributed by atoms with Crippen LogP contribution in [-0.2, 0) is 13.0 Å². The maximum absolute atomic E-state index is 12.6. The summed E-state index contributed by atoms with van der Waals surface area (Å²) in [5, 5.41) is 1.45. The van der Waals surface area contributed by atoms with Crippen LogP contribution in [0.3, 0.4) is 0 Å². The first-order valence-electron chi connectivity index (χ1n) is 19.4. The third-order valence-electron chi connectivity index (χ3n) is 10.0. The molecule has 300 valence electrons. The van der Waals surface area contributed by atoms with Gasteiger partial charge < -0.3 is 31.3 Å². The van der Waals surface area contributed by atoms with Gasteiger partial charge in [-0.1, -0.05) is 38.5 Å². The molecule has 0 aliphatic rings. The van der Waals surface area contributed by atoms with Crippen molar-refractivity contribution >= 4 is 39.1 Å². The Morgan fingerprint density at radius 2 is 0.965 bits per heavy atom. The van der Waals surface area contributed by atoms with Gasteiger partial charge in [-0.25, -0.2) is 19.6 Å². The average molecular weight is 811 g/mol. The standard InChI is InChI=1S/C42H50N4O9Si2/c1-49-56(3,23-11-7-5-9-21-51-39-27-37-33(29-45-39)25-35(41(47)53-37)31-13-17-43-18-14-31)55-57(4,50-2)24-12-8-6-10-22-52-40-28-38-34(30-46-40)26-36(42(48)54-38)32-15-19-44-20-16-32/h13-20,25-30H,5-12,21-24H2,1-4H3. The van der Waals surface area contributed by atoms with Crippen LogP contribution in [-0.4, -0.2) is 64.5 Å². The number of unbranched alkanes of at least 4 members (excludes halogenated alkanes) is 6. The number of fused-ring (bicyclic) bond motifs is 2. The summed E-state index contributed by atoms with van der Waals surface area (Å²) in [4.78, 5) is 42.0. The van der Waals surface area contributed by atoms with Crippen LogP contribution < -0.4 is 20.7 Å². The molecule has 0 N–H and O–H groups in total. The second kappa shape index (κ2) is 19.9. The van der Waals surface area contributed by atoms with Gasteiger partial charge in [0.1, 0.15) is 11.2 Å².